The Morgan fingerprint density at radius 2 is 2.03 bits per heavy atom. The van der Waals surface area contributed by atoms with Gasteiger partial charge in [0.2, 0.25) is 0 Å². The monoisotopic (exact) mass is 449 g/mol. The normalized spacial score (nSPS) is 18.6. The van der Waals surface area contributed by atoms with Crippen LogP contribution in [0.2, 0.25) is 5.02 Å². The zero-order valence-electron chi connectivity index (χ0n) is 16.8. The Hall–Kier alpha value is -1.76. The van der Waals surface area contributed by atoms with Crippen molar-refractivity contribution in [2.45, 2.75) is 43.8 Å². The van der Waals surface area contributed by atoms with Crippen LogP contribution in [0, 0.1) is 6.92 Å². The molecule has 4 nitrogen and oxygen atoms in total. The summed E-state index contributed by atoms with van der Waals surface area (Å²) < 4.78 is 10.9. The quantitative estimate of drug-likeness (QED) is 0.450. The molecule has 0 fully saturated rings. The van der Waals surface area contributed by atoms with E-state index in [2.05, 4.69) is 11.4 Å². The van der Waals surface area contributed by atoms with E-state index in [4.69, 9.17) is 33.3 Å². The minimum atomic E-state index is -0.258. The number of benzene rings is 2. The maximum Gasteiger partial charge on any atom is 0.307 e. The fraction of sp³-hybridized carbons (Fsp3) is 0.364. The number of halogens is 1. The summed E-state index contributed by atoms with van der Waals surface area (Å²) in [6.45, 7) is 5.72. The first-order valence-electron chi connectivity index (χ1n) is 9.39. The smallest absolute Gasteiger partial charge is 0.307 e. The van der Waals surface area contributed by atoms with Gasteiger partial charge >= 0.3 is 5.97 Å². The zero-order chi connectivity index (χ0) is 21.1. The average Bonchev–Trinajstić information content (AvgIpc) is 2.78. The molecule has 0 aliphatic carbocycles. The first-order valence-corrected chi connectivity index (χ1v) is 11.1. The van der Waals surface area contributed by atoms with Gasteiger partial charge in [0.25, 0.3) is 0 Å². The second-order valence-corrected chi connectivity index (χ2v) is 9.33. The van der Waals surface area contributed by atoms with Crippen LogP contribution in [0.4, 0.5) is 5.69 Å². The highest BCUT2D eigenvalue weighted by Crippen LogP contribution is 2.47. The lowest BCUT2D eigenvalue weighted by Crippen LogP contribution is -2.26. The molecule has 2 aromatic carbocycles. The molecular formula is C22H24ClNO3S2. The number of rotatable bonds is 5. The Kier molecular flexibility index (Phi) is 7.09. The summed E-state index contributed by atoms with van der Waals surface area (Å²) >= 11 is 13.6. The maximum absolute atomic E-state index is 12.4. The van der Waals surface area contributed by atoms with Crippen LogP contribution in [0.25, 0.3) is 0 Å². The second-order valence-electron chi connectivity index (χ2n) is 7.14. The highest BCUT2D eigenvalue weighted by molar-refractivity contribution is 8.02. The number of nitrogens with one attached hydrogen (secondary N) is 1. The van der Waals surface area contributed by atoms with Gasteiger partial charge < -0.3 is 14.8 Å². The molecule has 1 N–H and O–H groups in total. The highest BCUT2D eigenvalue weighted by atomic mass is 35.5. The van der Waals surface area contributed by atoms with Crippen molar-refractivity contribution in [1.29, 1.82) is 0 Å². The molecule has 1 heterocycles. The van der Waals surface area contributed by atoms with Gasteiger partial charge in [0.05, 0.1) is 35.1 Å². The minimum Gasteiger partial charge on any atom is -0.496 e. The van der Waals surface area contributed by atoms with Gasteiger partial charge in [0.15, 0.2) is 0 Å². The molecule has 0 amide bonds. The molecule has 7 heteroatoms. The number of thioether (sulfide) groups is 1. The van der Waals surface area contributed by atoms with Crippen LogP contribution < -0.4 is 10.1 Å². The van der Waals surface area contributed by atoms with Gasteiger partial charge in [-0.05, 0) is 61.7 Å². The summed E-state index contributed by atoms with van der Waals surface area (Å²) in [6.07, 6.45) is 0.0443. The summed E-state index contributed by atoms with van der Waals surface area (Å²) in [6, 6.07) is 11.7. The van der Waals surface area contributed by atoms with E-state index in [-0.39, 0.29) is 29.0 Å². The predicted molar refractivity (Wildman–Crippen MR) is 124 cm³/mol. The third kappa shape index (κ3) is 5.05. The molecule has 1 aliphatic rings. The van der Waals surface area contributed by atoms with Gasteiger partial charge in [-0.3, -0.25) is 4.79 Å². The topological polar surface area (TPSA) is 47.6 Å². The van der Waals surface area contributed by atoms with Crippen molar-refractivity contribution in [3.63, 3.8) is 0 Å². The third-order valence-corrected chi connectivity index (χ3v) is 6.98. The first-order chi connectivity index (χ1) is 13.8. The molecular weight excluding hydrogens is 426 g/mol. The maximum atomic E-state index is 12.4. The fourth-order valence-electron chi connectivity index (χ4n) is 3.36. The Labute approximate surface area is 186 Å². The van der Waals surface area contributed by atoms with Gasteiger partial charge in [-0.1, -0.05) is 36.0 Å². The summed E-state index contributed by atoms with van der Waals surface area (Å²) in [4.78, 5) is 13.0. The van der Waals surface area contributed by atoms with E-state index >= 15 is 0 Å². The molecule has 29 heavy (non-hydrogen) atoms. The van der Waals surface area contributed by atoms with Gasteiger partial charge in [-0.15, -0.1) is 11.8 Å². The molecule has 2 atom stereocenters. The standard InChI is InChI=1S/C22H24ClNO3S2/c1-12(2)27-20(25)11-19-22(28)24-17-9-8-14(23)10-16(17)21(29-19)15-6-5-7-18(26-4)13(15)3/h5-10,12,19,21H,11H2,1-4H3,(H,24,28)/t19-,21-/m0/s1. The van der Waals surface area contributed by atoms with Crippen molar-refractivity contribution in [2.75, 3.05) is 12.4 Å². The largest absolute Gasteiger partial charge is 0.496 e. The number of carbonyl (C=O) groups excluding carboxylic acids is 1. The van der Waals surface area contributed by atoms with Crippen molar-refractivity contribution < 1.29 is 14.3 Å². The molecule has 154 valence electrons. The number of carbonyl (C=O) groups is 1. The van der Waals surface area contributed by atoms with Gasteiger partial charge in [-0.25, -0.2) is 0 Å². The summed E-state index contributed by atoms with van der Waals surface area (Å²) in [5, 5.41) is 3.68. The lowest BCUT2D eigenvalue weighted by Gasteiger charge is -2.23. The molecule has 1 aliphatic heterocycles. The summed E-state index contributed by atoms with van der Waals surface area (Å²) in [5.41, 5.74) is 4.08. The Morgan fingerprint density at radius 1 is 1.28 bits per heavy atom. The van der Waals surface area contributed by atoms with E-state index in [1.807, 2.05) is 51.1 Å². The molecule has 0 radical (unpaired) electrons. The van der Waals surface area contributed by atoms with Crippen LogP contribution in [-0.2, 0) is 9.53 Å². The minimum absolute atomic E-state index is 0.0661. The Balaban J connectivity index is 2.05. The van der Waals surface area contributed by atoms with Crippen molar-refractivity contribution in [2.24, 2.45) is 0 Å². The molecule has 0 spiro atoms. The third-order valence-electron chi connectivity index (χ3n) is 4.69. The molecule has 0 saturated heterocycles. The zero-order valence-corrected chi connectivity index (χ0v) is 19.2. The number of anilines is 1. The predicted octanol–water partition coefficient (Wildman–Crippen LogP) is 5.94. The van der Waals surface area contributed by atoms with Crippen molar-refractivity contribution in [1.82, 2.24) is 0 Å². The number of fused-ring (bicyclic) bond motifs is 1. The van der Waals surface area contributed by atoms with E-state index in [1.54, 1.807) is 18.9 Å². The van der Waals surface area contributed by atoms with E-state index in [0.29, 0.717) is 10.0 Å². The summed E-state index contributed by atoms with van der Waals surface area (Å²) in [7, 11) is 1.67. The lowest BCUT2D eigenvalue weighted by atomic mass is 9.98. The number of thiocarbonyl (C=S) groups is 1. The van der Waals surface area contributed by atoms with E-state index < -0.39 is 0 Å². The SMILES string of the molecule is COc1cccc([C@@H]2S[C@@H](CC(=O)OC(C)C)C(=S)Nc3ccc(Cl)cc32)c1C. The molecule has 2 aromatic rings. The number of esters is 1. The van der Waals surface area contributed by atoms with Crippen LogP contribution in [0.1, 0.15) is 42.2 Å². The number of hydrogen-bond acceptors (Lipinski definition) is 5. The molecule has 0 aromatic heterocycles. The van der Waals surface area contributed by atoms with Crippen molar-refractivity contribution >= 4 is 52.2 Å². The fourth-order valence-corrected chi connectivity index (χ4v) is 5.38. The number of ether oxygens (including phenoxy) is 2. The number of methoxy groups -OCH3 is 1. The summed E-state index contributed by atoms with van der Waals surface area (Å²) in [5.74, 6) is 0.564. The van der Waals surface area contributed by atoms with Crippen LogP contribution in [0.3, 0.4) is 0 Å². The molecule has 0 bridgehead atoms. The first kappa shape index (κ1) is 21.9. The van der Waals surface area contributed by atoms with Crippen LogP contribution in [0.5, 0.6) is 5.75 Å². The molecule has 3 rings (SSSR count). The van der Waals surface area contributed by atoms with Gasteiger partial charge in [0, 0.05) is 10.7 Å². The van der Waals surface area contributed by atoms with Crippen molar-refractivity contribution in [3.05, 3.63) is 58.1 Å². The number of hydrogen-bond donors (Lipinski definition) is 1. The Morgan fingerprint density at radius 3 is 2.72 bits per heavy atom. The highest BCUT2D eigenvalue weighted by Gasteiger charge is 2.32. The second kappa shape index (κ2) is 9.37. The van der Waals surface area contributed by atoms with Gasteiger partial charge in [0.1, 0.15) is 5.75 Å². The average molecular weight is 450 g/mol. The lowest BCUT2D eigenvalue weighted by molar-refractivity contribution is -0.147. The van der Waals surface area contributed by atoms with Gasteiger partial charge in [-0.2, -0.15) is 0 Å². The Bertz CT molecular complexity index is 932. The van der Waals surface area contributed by atoms with Crippen LogP contribution in [-0.4, -0.2) is 29.4 Å². The van der Waals surface area contributed by atoms with E-state index in [1.165, 1.54) is 0 Å². The van der Waals surface area contributed by atoms with Crippen molar-refractivity contribution in [3.8, 4) is 5.75 Å². The molecule has 0 unspecified atom stereocenters. The molecule has 0 saturated carbocycles. The van der Waals surface area contributed by atoms with Crippen LogP contribution >= 0.6 is 35.6 Å². The van der Waals surface area contributed by atoms with E-state index in [0.717, 1.165) is 28.1 Å². The van der Waals surface area contributed by atoms with Crippen LogP contribution in [0.15, 0.2) is 36.4 Å². The van der Waals surface area contributed by atoms with E-state index in [9.17, 15) is 4.79 Å².